The van der Waals surface area contributed by atoms with E-state index >= 15 is 0 Å². The Balaban J connectivity index is 1.71. The van der Waals surface area contributed by atoms with E-state index in [9.17, 15) is 19.2 Å². The molecular formula is C24H19Cl3N2O4. The zero-order chi connectivity index (χ0) is 23.9. The Morgan fingerprint density at radius 1 is 0.970 bits per heavy atom. The summed E-state index contributed by atoms with van der Waals surface area (Å²) >= 11 is 18.0. The van der Waals surface area contributed by atoms with Crippen molar-refractivity contribution in [3.63, 3.8) is 0 Å². The van der Waals surface area contributed by atoms with Crippen LogP contribution in [0.5, 0.6) is 0 Å². The number of ketones is 1. The number of hydrogen-bond acceptors (Lipinski definition) is 4. The summed E-state index contributed by atoms with van der Waals surface area (Å²) in [6.07, 6.45) is 2.78. The Morgan fingerprint density at radius 3 is 2.27 bits per heavy atom. The van der Waals surface area contributed by atoms with Gasteiger partial charge in [-0.1, -0.05) is 46.5 Å². The van der Waals surface area contributed by atoms with E-state index in [-0.39, 0.29) is 16.1 Å². The number of nitrogens with zero attached hydrogens (tertiary/aromatic N) is 2. The lowest BCUT2D eigenvalue weighted by Crippen LogP contribution is -2.52. The van der Waals surface area contributed by atoms with Gasteiger partial charge in [0.15, 0.2) is 5.78 Å². The molecule has 170 valence electrons. The summed E-state index contributed by atoms with van der Waals surface area (Å²) in [5, 5.41) is 2.62. The minimum atomic E-state index is -0.671. The standard InChI is InChI=1S/C24H19Cl3N2O4/c1-13-2-8-17-19(10-13)24(33)29(23(17)32)28(22(31)14-3-5-15(25)6-4-14)12-21(30)18-9-7-16(26)11-20(18)27/h2-7,9,11,17,19H,8,10,12H2,1H3/t17-,19+/m1/s1. The van der Waals surface area contributed by atoms with Crippen molar-refractivity contribution in [3.8, 4) is 0 Å². The van der Waals surface area contributed by atoms with Crippen LogP contribution < -0.4 is 0 Å². The molecule has 4 rings (SSSR count). The second kappa shape index (κ2) is 9.29. The first-order chi connectivity index (χ1) is 15.7. The molecule has 2 atom stereocenters. The van der Waals surface area contributed by atoms with Gasteiger partial charge in [0, 0.05) is 21.2 Å². The maximum atomic E-state index is 13.4. The summed E-state index contributed by atoms with van der Waals surface area (Å²) in [7, 11) is 0. The molecule has 0 saturated carbocycles. The van der Waals surface area contributed by atoms with E-state index < -0.39 is 41.9 Å². The van der Waals surface area contributed by atoms with Gasteiger partial charge in [0.1, 0.15) is 6.54 Å². The van der Waals surface area contributed by atoms with Crippen molar-refractivity contribution in [1.29, 1.82) is 0 Å². The fourth-order valence-electron chi connectivity index (χ4n) is 4.17. The van der Waals surface area contributed by atoms with Crippen LogP contribution in [0.15, 0.2) is 54.1 Å². The van der Waals surface area contributed by atoms with Gasteiger partial charge in [0.2, 0.25) is 0 Å². The van der Waals surface area contributed by atoms with Gasteiger partial charge in [-0.3, -0.25) is 19.2 Å². The van der Waals surface area contributed by atoms with Gasteiger partial charge < -0.3 is 0 Å². The maximum absolute atomic E-state index is 13.4. The predicted octanol–water partition coefficient (Wildman–Crippen LogP) is 5.23. The highest BCUT2D eigenvalue weighted by molar-refractivity contribution is 6.37. The Labute approximate surface area is 205 Å². The number of rotatable bonds is 5. The van der Waals surface area contributed by atoms with Gasteiger partial charge in [-0.05, 0) is 62.2 Å². The first kappa shape index (κ1) is 23.5. The molecule has 1 heterocycles. The largest absolute Gasteiger partial charge is 0.292 e. The molecule has 0 spiro atoms. The quantitative estimate of drug-likeness (QED) is 0.317. The molecule has 33 heavy (non-hydrogen) atoms. The fraction of sp³-hybridized carbons (Fsp3) is 0.250. The Morgan fingerprint density at radius 2 is 1.61 bits per heavy atom. The number of allylic oxidation sites excluding steroid dienone is 2. The van der Waals surface area contributed by atoms with Crippen molar-refractivity contribution < 1.29 is 19.2 Å². The van der Waals surface area contributed by atoms with E-state index in [0.29, 0.717) is 22.9 Å². The monoisotopic (exact) mass is 504 g/mol. The fourth-order valence-corrected chi connectivity index (χ4v) is 4.81. The summed E-state index contributed by atoms with van der Waals surface area (Å²) in [5.41, 5.74) is 1.32. The normalized spacial score (nSPS) is 19.9. The number of halogens is 3. The van der Waals surface area contributed by atoms with Crippen molar-refractivity contribution >= 4 is 58.3 Å². The van der Waals surface area contributed by atoms with E-state index in [1.165, 1.54) is 42.5 Å². The molecule has 0 radical (unpaired) electrons. The third-order valence-electron chi connectivity index (χ3n) is 5.89. The zero-order valence-electron chi connectivity index (χ0n) is 17.6. The number of imide groups is 1. The molecular weight excluding hydrogens is 487 g/mol. The molecule has 0 N–H and O–H groups in total. The first-order valence-electron chi connectivity index (χ1n) is 10.3. The van der Waals surface area contributed by atoms with Gasteiger partial charge in [0.25, 0.3) is 17.7 Å². The zero-order valence-corrected chi connectivity index (χ0v) is 19.8. The summed E-state index contributed by atoms with van der Waals surface area (Å²) in [5.74, 6) is -3.31. The molecule has 0 bridgehead atoms. The smallest absolute Gasteiger partial charge is 0.273 e. The lowest BCUT2D eigenvalue weighted by molar-refractivity contribution is -0.154. The highest BCUT2D eigenvalue weighted by atomic mass is 35.5. The van der Waals surface area contributed by atoms with Crippen molar-refractivity contribution in [1.82, 2.24) is 10.0 Å². The van der Waals surface area contributed by atoms with Gasteiger partial charge in [0.05, 0.1) is 16.9 Å². The number of fused-ring (bicyclic) bond motifs is 1. The number of hydrazine groups is 1. The molecule has 6 nitrogen and oxygen atoms in total. The molecule has 0 unspecified atom stereocenters. The van der Waals surface area contributed by atoms with Crippen molar-refractivity contribution in [2.75, 3.05) is 6.54 Å². The Hall–Kier alpha value is -2.67. The number of amides is 3. The molecule has 2 aromatic rings. The number of carbonyl (C=O) groups excluding carboxylic acids is 4. The second-order valence-corrected chi connectivity index (χ2v) is 9.39. The van der Waals surface area contributed by atoms with E-state index in [4.69, 9.17) is 34.8 Å². The summed E-state index contributed by atoms with van der Waals surface area (Å²) in [6, 6.07) is 10.3. The van der Waals surface area contributed by atoms with Crippen LogP contribution in [-0.2, 0) is 9.59 Å². The average Bonchev–Trinajstić information content (AvgIpc) is 3.01. The van der Waals surface area contributed by atoms with Crippen LogP contribution in [0.25, 0.3) is 0 Å². The van der Waals surface area contributed by atoms with Gasteiger partial charge in [-0.15, -0.1) is 0 Å². The van der Waals surface area contributed by atoms with Crippen molar-refractivity contribution in [2.24, 2.45) is 11.8 Å². The van der Waals surface area contributed by atoms with Crippen LogP contribution in [-0.4, -0.2) is 40.1 Å². The van der Waals surface area contributed by atoms with Crippen LogP contribution in [0, 0.1) is 11.8 Å². The van der Waals surface area contributed by atoms with E-state index in [1.54, 1.807) is 0 Å². The topological polar surface area (TPSA) is 74.8 Å². The maximum Gasteiger partial charge on any atom is 0.273 e. The van der Waals surface area contributed by atoms with Gasteiger partial charge in [-0.25, -0.2) is 5.01 Å². The highest BCUT2D eigenvalue weighted by Gasteiger charge is 2.51. The lowest BCUT2D eigenvalue weighted by atomic mass is 9.82. The molecule has 1 fully saturated rings. The van der Waals surface area contributed by atoms with Gasteiger partial charge in [-0.2, -0.15) is 5.01 Å². The minimum Gasteiger partial charge on any atom is -0.292 e. The van der Waals surface area contributed by atoms with Crippen LogP contribution in [0.1, 0.15) is 40.5 Å². The molecule has 2 aliphatic rings. The third kappa shape index (κ3) is 4.56. The molecule has 1 aliphatic carbocycles. The Bertz CT molecular complexity index is 1190. The van der Waals surface area contributed by atoms with Crippen LogP contribution in [0.2, 0.25) is 15.1 Å². The molecule has 1 aliphatic heterocycles. The van der Waals surface area contributed by atoms with Crippen LogP contribution >= 0.6 is 34.8 Å². The highest BCUT2D eigenvalue weighted by Crippen LogP contribution is 2.38. The SMILES string of the molecule is CC1=CC[C@H]2C(=O)N(N(CC(=O)c3ccc(Cl)cc3Cl)C(=O)c3ccc(Cl)cc3)C(=O)[C@H]2C1. The lowest BCUT2D eigenvalue weighted by Gasteiger charge is -2.30. The summed E-state index contributed by atoms with van der Waals surface area (Å²) in [4.78, 5) is 53.0. The number of hydrogen-bond donors (Lipinski definition) is 0. The van der Waals surface area contributed by atoms with Crippen LogP contribution in [0.3, 0.4) is 0 Å². The molecule has 1 saturated heterocycles. The number of benzene rings is 2. The molecule has 3 amide bonds. The third-order valence-corrected chi connectivity index (χ3v) is 6.69. The molecule has 9 heteroatoms. The predicted molar refractivity (Wildman–Crippen MR) is 125 cm³/mol. The minimum absolute atomic E-state index is 0.110. The number of Topliss-reactive ketones (excluding diaryl/α,β-unsaturated/α-hetero) is 1. The van der Waals surface area contributed by atoms with Crippen molar-refractivity contribution in [3.05, 3.63) is 80.3 Å². The van der Waals surface area contributed by atoms with E-state index in [1.807, 2.05) is 13.0 Å². The summed E-state index contributed by atoms with van der Waals surface area (Å²) < 4.78 is 0. The van der Waals surface area contributed by atoms with E-state index in [0.717, 1.165) is 15.6 Å². The first-order valence-corrected chi connectivity index (χ1v) is 11.4. The average molecular weight is 506 g/mol. The van der Waals surface area contributed by atoms with E-state index in [2.05, 4.69) is 0 Å². The Kier molecular flexibility index (Phi) is 6.61. The van der Waals surface area contributed by atoms with Crippen molar-refractivity contribution in [2.45, 2.75) is 19.8 Å². The number of carbonyl (C=O) groups is 4. The van der Waals surface area contributed by atoms with Gasteiger partial charge >= 0.3 is 0 Å². The second-order valence-electron chi connectivity index (χ2n) is 8.11. The molecule has 2 aromatic carbocycles. The summed E-state index contributed by atoms with van der Waals surface area (Å²) in [6.45, 7) is 1.35. The molecule has 0 aromatic heterocycles. The van der Waals surface area contributed by atoms with Crippen LogP contribution in [0.4, 0.5) is 0 Å².